The lowest BCUT2D eigenvalue weighted by Crippen LogP contribution is -2.43. The molecule has 1 aromatic carbocycles. The van der Waals surface area contributed by atoms with E-state index in [9.17, 15) is 0 Å². The fourth-order valence-electron chi connectivity index (χ4n) is 3.28. The summed E-state index contributed by atoms with van der Waals surface area (Å²) in [7, 11) is 3.84. The maximum atomic E-state index is 4.64. The fourth-order valence-corrected chi connectivity index (χ4v) is 3.28. The molecule has 2 rings (SSSR count). The summed E-state index contributed by atoms with van der Waals surface area (Å²) >= 11 is 0. The lowest BCUT2D eigenvalue weighted by molar-refractivity contribution is 0.508. The van der Waals surface area contributed by atoms with Crippen molar-refractivity contribution in [3.05, 3.63) is 52.8 Å². The number of halogens is 1. The minimum atomic E-state index is 0. The molecule has 0 aliphatic rings. The van der Waals surface area contributed by atoms with E-state index < -0.39 is 0 Å². The molecule has 0 atom stereocenters. The largest absolute Gasteiger partial charge is 0.356 e. The van der Waals surface area contributed by atoms with E-state index in [0.29, 0.717) is 0 Å². The van der Waals surface area contributed by atoms with Gasteiger partial charge in [-0.3, -0.25) is 9.67 Å². The number of aromatic nitrogens is 2. The van der Waals surface area contributed by atoms with Crippen molar-refractivity contribution >= 4 is 29.9 Å². The Morgan fingerprint density at radius 2 is 1.78 bits per heavy atom. The number of benzene rings is 1. The van der Waals surface area contributed by atoms with Gasteiger partial charge in [0.15, 0.2) is 5.96 Å². The number of hydrogen-bond donors (Lipinski definition) is 2. The summed E-state index contributed by atoms with van der Waals surface area (Å²) in [4.78, 5) is 4.38. The number of rotatable bonds is 7. The van der Waals surface area contributed by atoms with Crippen LogP contribution in [0.3, 0.4) is 0 Å². The van der Waals surface area contributed by atoms with Gasteiger partial charge in [0.25, 0.3) is 0 Å². The van der Waals surface area contributed by atoms with Gasteiger partial charge in [0.2, 0.25) is 0 Å². The molecular formula is C21H34IN5. The SMILES string of the molecule is CCc1nn(C)c(CC)c1CNC(=NC)NCC(C)(C)c1ccccc1.I. The number of guanidine groups is 1. The average Bonchev–Trinajstić information content (AvgIpc) is 2.97. The predicted octanol–water partition coefficient (Wildman–Crippen LogP) is 3.81. The van der Waals surface area contributed by atoms with Crippen LogP contribution >= 0.6 is 24.0 Å². The van der Waals surface area contributed by atoms with Gasteiger partial charge >= 0.3 is 0 Å². The third-order valence-electron chi connectivity index (χ3n) is 4.94. The minimum Gasteiger partial charge on any atom is -0.356 e. The first-order valence-electron chi connectivity index (χ1n) is 9.46. The first kappa shape index (κ1) is 23.5. The van der Waals surface area contributed by atoms with Crippen LogP contribution in [0.5, 0.6) is 0 Å². The zero-order valence-electron chi connectivity index (χ0n) is 17.5. The van der Waals surface area contributed by atoms with E-state index in [4.69, 9.17) is 0 Å². The molecule has 150 valence electrons. The molecule has 1 heterocycles. The topological polar surface area (TPSA) is 54.2 Å². The van der Waals surface area contributed by atoms with E-state index in [1.165, 1.54) is 16.8 Å². The first-order valence-corrected chi connectivity index (χ1v) is 9.46. The second-order valence-corrected chi connectivity index (χ2v) is 7.23. The van der Waals surface area contributed by atoms with Gasteiger partial charge in [-0.05, 0) is 18.4 Å². The lowest BCUT2D eigenvalue weighted by Gasteiger charge is -2.26. The van der Waals surface area contributed by atoms with Gasteiger partial charge in [-0.15, -0.1) is 24.0 Å². The third kappa shape index (κ3) is 5.96. The molecule has 0 radical (unpaired) electrons. The average molecular weight is 483 g/mol. The summed E-state index contributed by atoms with van der Waals surface area (Å²) in [5, 5.41) is 11.6. The number of aryl methyl sites for hydroxylation is 2. The van der Waals surface area contributed by atoms with Crippen LogP contribution in [0.2, 0.25) is 0 Å². The van der Waals surface area contributed by atoms with Gasteiger partial charge in [-0.2, -0.15) is 5.10 Å². The molecule has 0 aliphatic heterocycles. The molecule has 6 heteroatoms. The van der Waals surface area contributed by atoms with Crippen molar-refractivity contribution in [2.45, 2.75) is 52.5 Å². The van der Waals surface area contributed by atoms with Gasteiger partial charge in [-0.1, -0.05) is 58.0 Å². The Balaban J connectivity index is 0.00000364. The molecule has 0 spiro atoms. The van der Waals surface area contributed by atoms with E-state index in [1.807, 2.05) is 18.8 Å². The predicted molar refractivity (Wildman–Crippen MR) is 125 cm³/mol. The molecule has 27 heavy (non-hydrogen) atoms. The van der Waals surface area contributed by atoms with Crippen molar-refractivity contribution in [2.24, 2.45) is 12.0 Å². The number of aliphatic imine (C=N–C) groups is 1. The highest BCUT2D eigenvalue weighted by Crippen LogP contribution is 2.21. The molecule has 0 fully saturated rings. The highest BCUT2D eigenvalue weighted by atomic mass is 127. The van der Waals surface area contributed by atoms with Crippen LogP contribution < -0.4 is 10.6 Å². The van der Waals surface area contributed by atoms with Crippen LogP contribution in [0.4, 0.5) is 0 Å². The van der Waals surface area contributed by atoms with Crippen LogP contribution in [0.25, 0.3) is 0 Å². The van der Waals surface area contributed by atoms with Gasteiger partial charge in [-0.25, -0.2) is 0 Å². The monoisotopic (exact) mass is 483 g/mol. The van der Waals surface area contributed by atoms with E-state index in [2.05, 4.69) is 78.8 Å². The Morgan fingerprint density at radius 1 is 1.11 bits per heavy atom. The van der Waals surface area contributed by atoms with E-state index >= 15 is 0 Å². The number of hydrogen-bond acceptors (Lipinski definition) is 2. The fraction of sp³-hybridized carbons (Fsp3) is 0.524. The van der Waals surface area contributed by atoms with Crippen LogP contribution in [-0.2, 0) is 31.8 Å². The molecule has 0 bridgehead atoms. The molecule has 0 aliphatic carbocycles. The van der Waals surface area contributed by atoms with E-state index in [1.54, 1.807) is 0 Å². The van der Waals surface area contributed by atoms with Gasteiger partial charge in [0.05, 0.1) is 5.69 Å². The van der Waals surface area contributed by atoms with Crippen molar-refractivity contribution < 1.29 is 0 Å². The van der Waals surface area contributed by atoms with E-state index in [-0.39, 0.29) is 29.4 Å². The smallest absolute Gasteiger partial charge is 0.191 e. The quantitative estimate of drug-likeness (QED) is 0.358. The Labute approximate surface area is 181 Å². The maximum absolute atomic E-state index is 4.64. The van der Waals surface area contributed by atoms with Crippen molar-refractivity contribution in [1.29, 1.82) is 0 Å². The van der Waals surface area contributed by atoms with Crippen LogP contribution in [0, 0.1) is 0 Å². The maximum Gasteiger partial charge on any atom is 0.191 e. The second-order valence-electron chi connectivity index (χ2n) is 7.23. The van der Waals surface area contributed by atoms with Crippen LogP contribution in [0.1, 0.15) is 50.2 Å². The lowest BCUT2D eigenvalue weighted by atomic mass is 9.85. The molecule has 0 amide bonds. The normalized spacial score (nSPS) is 11.9. The van der Waals surface area contributed by atoms with Gasteiger partial charge < -0.3 is 10.6 Å². The molecule has 5 nitrogen and oxygen atoms in total. The number of nitrogens with one attached hydrogen (secondary N) is 2. The van der Waals surface area contributed by atoms with Gasteiger partial charge in [0.1, 0.15) is 0 Å². The van der Waals surface area contributed by atoms with Crippen LogP contribution in [0.15, 0.2) is 35.3 Å². The summed E-state index contributed by atoms with van der Waals surface area (Å²) < 4.78 is 2.00. The summed E-state index contributed by atoms with van der Waals surface area (Å²) in [6, 6.07) is 10.6. The molecule has 0 saturated carbocycles. The van der Waals surface area contributed by atoms with E-state index in [0.717, 1.165) is 37.6 Å². The second kappa shape index (κ2) is 10.7. The third-order valence-corrected chi connectivity index (χ3v) is 4.94. The first-order chi connectivity index (χ1) is 12.4. The minimum absolute atomic E-state index is 0. The standard InChI is InChI=1S/C21H33N5.HI/c1-7-18-17(19(8-2)26(6)25-18)14-23-20(22-5)24-15-21(3,4)16-12-10-9-11-13-16;/h9-13H,7-8,14-15H2,1-6H3,(H2,22,23,24);1H. The molecule has 0 saturated heterocycles. The molecule has 1 aromatic heterocycles. The van der Waals surface area contributed by atoms with Crippen molar-refractivity contribution in [3.8, 4) is 0 Å². The van der Waals surface area contributed by atoms with Gasteiger partial charge in [0, 0.05) is 43.9 Å². The molecule has 0 unspecified atom stereocenters. The van der Waals surface area contributed by atoms with Crippen molar-refractivity contribution in [2.75, 3.05) is 13.6 Å². The Bertz CT molecular complexity index is 735. The zero-order chi connectivity index (χ0) is 19.2. The summed E-state index contributed by atoms with van der Waals surface area (Å²) in [5.74, 6) is 0.821. The molecular weight excluding hydrogens is 449 g/mol. The highest BCUT2D eigenvalue weighted by Gasteiger charge is 2.21. The zero-order valence-corrected chi connectivity index (χ0v) is 19.8. The Hall–Kier alpha value is -1.57. The highest BCUT2D eigenvalue weighted by molar-refractivity contribution is 14.0. The van der Waals surface area contributed by atoms with Crippen molar-refractivity contribution in [1.82, 2.24) is 20.4 Å². The Morgan fingerprint density at radius 3 is 2.33 bits per heavy atom. The summed E-state index contributed by atoms with van der Waals surface area (Å²) in [6.07, 6.45) is 1.92. The summed E-state index contributed by atoms with van der Waals surface area (Å²) in [6.45, 7) is 10.4. The summed E-state index contributed by atoms with van der Waals surface area (Å²) in [5.41, 5.74) is 5.09. The molecule has 2 N–H and O–H groups in total. The van der Waals surface area contributed by atoms with Crippen molar-refractivity contribution in [3.63, 3.8) is 0 Å². The van der Waals surface area contributed by atoms with Crippen LogP contribution in [-0.4, -0.2) is 29.3 Å². The Kier molecular flexibility index (Phi) is 9.29. The number of nitrogens with zero attached hydrogens (tertiary/aromatic N) is 3. The molecule has 2 aromatic rings.